The van der Waals surface area contributed by atoms with Crippen molar-refractivity contribution in [3.05, 3.63) is 17.7 Å². The summed E-state index contributed by atoms with van der Waals surface area (Å²) in [4.78, 5) is 7.97. The summed E-state index contributed by atoms with van der Waals surface area (Å²) >= 11 is 0. The smallest absolute Gasteiger partial charge is 0.113 e. The molecule has 0 saturated heterocycles. The van der Waals surface area contributed by atoms with Crippen LogP contribution in [0.2, 0.25) is 0 Å². The van der Waals surface area contributed by atoms with Gasteiger partial charge in [-0.2, -0.15) is 0 Å². The maximum absolute atomic E-state index is 5.86. The molecule has 0 aromatic carbocycles. The molecule has 1 fully saturated rings. The monoisotopic (exact) mass is 207 g/mol. The van der Waals surface area contributed by atoms with Crippen LogP contribution in [0.4, 0.5) is 0 Å². The van der Waals surface area contributed by atoms with Gasteiger partial charge in [-0.25, -0.2) is 4.98 Å². The van der Waals surface area contributed by atoms with Crippen LogP contribution in [0.3, 0.4) is 0 Å². The Hall–Kier alpha value is -0.830. The fourth-order valence-electron chi connectivity index (χ4n) is 2.11. The molecule has 0 aliphatic heterocycles. The highest BCUT2D eigenvalue weighted by atomic mass is 15.0. The van der Waals surface area contributed by atoms with Gasteiger partial charge in [-0.3, -0.25) is 0 Å². The minimum atomic E-state index is 0.144. The maximum Gasteiger partial charge on any atom is 0.113 e. The molecular weight excluding hydrogens is 186 g/mol. The van der Waals surface area contributed by atoms with Crippen LogP contribution in [0, 0.1) is 0 Å². The molecule has 15 heavy (non-hydrogen) atoms. The first kappa shape index (κ1) is 10.7. The average molecular weight is 207 g/mol. The molecule has 0 bridgehead atoms. The molecule has 84 valence electrons. The Labute approximate surface area is 91.5 Å². The number of rotatable bonds is 2. The van der Waals surface area contributed by atoms with E-state index in [-0.39, 0.29) is 10.8 Å². The van der Waals surface area contributed by atoms with Crippen molar-refractivity contribution >= 4 is 0 Å². The van der Waals surface area contributed by atoms with Crippen molar-refractivity contribution in [2.75, 3.05) is 6.54 Å². The highest BCUT2D eigenvalue weighted by molar-refractivity contribution is 5.20. The minimum Gasteiger partial charge on any atom is -0.345 e. The molecule has 1 aromatic heterocycles. The van der Waals surface area contributed by atoms with Crippen LogP contribution in [-0.2, 0) is 10.8 Å². The van der Waals surface area contributed by atoms with Crippen LogP contribution < -0.4 is 5.73 Å². The van der Waals surface area contributed by atoms with Gasteiger partial charge in [-0.15, -0.1) is 0 Å². The molecule has 1 aliphatic carbocycles. The number of nitrogens with two attached hydrogens (primary N) is 1. The molecule has 1 heterocycles. The summed E-state index contributed by atoms with van der Waals surface area (Å²) in [5, 5.41) is 0. The zero-order valence-corrected chi connectivity index (χ0v) is 9.93. The molecule has 0 unspecified atom stereocenters. The number of aromatic amines is 1. The highest BCUT2D eigenvalue weighted by Crippen LogP contribution is 2.41. The maximum atomic E-state index is 5.86. The van der Waals surface area contributed by atoms with Crippen LogP contribution in [-0.4, -0.2) is 16.5 Å². The van der Waals surface area contributed by atoms with E-state index in [4.69, 9.17) is 5.73 Å². The Kier molecular flexibility index (Phi) is 2.38. The number of aromatic nitrogens is 2. The van der Waals surface area contributed by atoms with Crippen LogP contribution in [0.15, 0.2) is 6.20 Å². The molecule has 3 N–H and O–H groups in total. The second-order valence-electron chi connectivity index (χ2n) is 5.73. The van der Waals surface area contributed by atoms with E-state index in [1.54, 1.807) is 0 Å². The van der Waals surface area contributed by atoms with Gasteiger partial charge in [0, 0.05) is 29.3 Å². The molecular formula is C12H21N3. The van der Waals surface area contributed by atoms with Crippen molar-refractivity contribution in [2.24, 2.45) is 5.73 Å². The third-order valence-corrected chi connectivity index (χ3v) is 3.59. The van der Waals surface area contributed by atoms with Crippen LogP contribution in [0.5, 0.6) is 0 Å². The Balaban J connectivity index is 2.27. The van der Waals surface area contributed by atoms with Gasteiger partial charge >= 0.3 is 0 Å². The summed E-state index contributed by atoms with van der Waals surface area (Å²) in [5.41, 5.74) is 7.36. The summed E-state index contributed by atoms with van der Waals surface area (Å²) in [6, 6.07) is 0. The zero-order chi connectivity index (χ0) is 11.1. The zero-order valence-electron chi connectivity index (χ0n) is 9.93. The predicted octanol–water partition coefficient (Wildman–Crippen LogP) is 2.09. The lowest BCUT2D eigenvalue weighted by Gasteiger charge is -2.39. The van der Waals surface area contributed by atoms with E-state index in [0.29, 0.717) is 6.54 Å². The van der Waals surface area contributed by atoms with Crippen LogP contribution >= 0.6 is 0 Å². The van der Waals surface area contributed by atoms with Gasteiger partial charge in [0.1, 0.15) is 5.82 Å². The van der Waals surface area contributed by atoms with Crippen molar-refractivity contribution in [2.45, 2.75) is 50.9 Å². The highest BCUT2D eigenvalue weighted by Gasteiger charge is 2.40. The van der Waals surface area contributed by atoms with Crippen LogP contribution in [0.25, 0.3) is 0 Å². The standard InChI is InChI=1S/C12H21N3/c1-11(2,3)9-7-14-10(15-9)12(8-13)5-4-6-12/h7H,4-6,8,13H2,1-3H3,(H,14,15). The Morgan fingerprint density at radius 1 is 1.47 bits per heavy atom. The first-order valence-corrected chi connectivity index (χ1v) is 5.74. The fourth-order valence-corrected chi connectivity index (χ4v) is 2.11. The topological polar surface area (TPSA) is 54.7 Å². The number of imidazole rings is 1. The van der Waals surface area contributed by atoms with Gasteiger partial charge in [0.15, 0.2) is 0 Å². The van der Waals surface area contributed by atoms with E-state index in [1.807, 2.05) is 6.20 Å². The van der Waals surface area contributed by atoms with Gasteiger partial charge in [0.05, 0.1) is 0 Å². The number of H-pyrrole nitrogens is 1. The first-order valence-electron chi connectivity index (χ1n) is 5.74. The van der Waals surface area contributed by atoms with Gasteiger partial charge in [-0.1, -0.05) is 27.2 Å². The molecule has 0 amide bonds. The molecule has 2 rings (SSSR count). The fraction of sp³-hybridized carbons (Fsp3) is 0.750. The molecule has 3 nitrogen and oxygen atoms in total. The van der Waals surface area contributed by atoms with E-state index in [9.17, 15) is 0 Å². The molecule has 1 saturated carbocycles. The van der Waals surface area contributed by atoms with E-state index in [1.165, 1.54) is 25.0 Å². The third kappa shape index (κ3) is 1.69. The Morgan fingerprint density at radius 3 is 2.47 bits per heavy atom. The lowest BCUT2D eigenvalue weighted by atomic mass is 9.68. The molecule has 1 aliphatic rings. The van der Waals surface area contributed by atoms with Crippen LogP contribution in [0.1, 0.15) is 51.6 Å². The van der Waals surface area contributed by atoms with Gasteiger partial charge in [-0.05, 0) is 12.8 Å². The summed E-state index contributed by atoms with van der Waals surface area (Å²) < 4.78 is 0. The molecule has 1 aromatic rings. The quantitative estimate of drug-likeness (QED) is 0.780. The van der Waals surface area contributed by atoms with Crippen molar-refractivity contribution in [1.82, 2.24) is 9.97 Å². The van der Waals surface area contributed by atoms with Crippen molar-refractivity contribution in [3.63, 3.8) is 0 Å². The van der Waals surface area contributed by atoms with Crippen molar-refractivity contribution in [1.29, 1.82) is 0 Å². The summed E-state index contributed by atoms with van der Waals surface area (Å²) in [6.07, 6.45) is 5.61. The third-order valence-electron chi connectivity index (χ3n) is 3.59. The van der Waals surface area contributed by atoms with Crippen molar-refractivity contribution < 1.29 is 0 Å². The van der Waals surface area contributed by atoms with E-state index in [2.05, 4.69) is 30.7 Å². The number of nitrogens with zero attached hydrogens (tertiary/aromatic N) is 1. The summed E-state index contributed by atoms with van der Waals surface area (Å²) in [5.74, 6) is 1.10. The Bertz CT molecular complexity index is 336. The van der Waals surface area contributed by atoms with E-state index in [0.717, 1.165) is 5.82 Å². The van der Waals surface area contributed by atoms with Gasteiger partial charge in [0.25, 0.3) is 0 Å². The summed E-state index contributed by atoms with van der Waals surface area (Å²) in [6.45, 7) is 7.30. The first-order chi connectivity index (χ1) is 6.98. The predicted molar refractivity (Wildman–Crippen MR) is 61.9 cm³/mol. The van der Waals surface area contributed by atoms with E-state index >= 15 is 0 Å². The lowest BCUT2D eigenvalue weighted by molar-refractivity contribution is 0.239. The second kappa shape index (κ2) is 3.34. The molecule has 3 heteroatoms. The Morgan fingerprint density at radius 2 is 2.13 bits per heavy atom. The summed E-state index contributed by atoms with van der Waals surface area (Å²) in [7, 11) is 0. The van der Waals surface area contributed by atoms with E-state index < -0.39 is 0 Å². The number of nitrogens with one attached hydrogen (secondary N) is 1. The normalized spacial score (nSPS) is 20.0. The molecule has 0 atom stereocenters. The number of hydrogen-bond acceptors (Lipinski definition) is 2. The molecule has 0 radical (unpaired) electrons. The van der Waals surface area contributed by atoms with Gasteiger partial charge in [0.2, 0.25) is 0 Å². The van der Waals surface area contributed by atoms with Gasteiger partial charge < -0.3 is 10.7 Å². The number of hydrogen-bond donors (Lipinski definition) is 2. The average Bonchev–Trinajstić information content (AvgIpc) is 2.51. The lowest BCUT2D eigenvalue weighted by Crippen LogP contribution is -2.42. The molecule has 0 spiro atoms. The largest absolute Gasteiger partial charge is 0.345 e. The van der Waals surface area contributed by atoms with Crippen molar-refractivity contribution in [3.8, 4) is 0 Å². The second-order valence-corrected chi connectivity index (χ2v) is 5.73. The minimum absolute atomic E-state index is 0.144. The SMILES string of the molecule is CC(C)(C)c1cnc(C2(CN)CCC2)[nH]1.